The number of aliphatic hydroxyl groups excluding tert-OH is 1. The number of benzene rings is 1. The minimum Gasteiger partial charge on any atom is -0.508 e. The van der Waals surface area contributed by atoms with E-state index in [1.807, 2.05) is 35.7 Å². The predicted molar refractivity (Wildman–Crippen MR) is 102 cm³/mol. The minimum atomic E-state index is -0.581. The van der Waals surface area contributed by atoms with Gasteiger partial charge in [0.2, 0.25) is 0 Å². The summed E-state index contributed by atoms with van der Waals surface area (Å²) >= 11 is 1.65. The van der Waals surface area contributed by atoms with Crippen LogP contribution in [0.5, 0.6) is 5.75 Å². The summed E-state index contributed by atoms with van der Waals surface area (Å²) in [6, 6.07) is 11.4. The Morgan fingerprint density at radius 2 is 2.15 bits per heavy atom. The quantitative estimate of drug-likeness (QED) is 0.666. The molecule has 2 N–H and O–H groups in total. The monoisotopic (exact) mass is 377 g/mol. The predicted octanol–water partition coefficient (Wildman–Crippen LogP) is 3.01. The van der Waals surface area contributed by atoms with Crippen LogP contribution in [0.3, 0.4) is 0 Å². The molecule has 1 fully saturated rings. The number of phenolic OH excluding ortho intramolecular Hbond substituents is 1. The standard InChI is InChI=1S/C20H27NO4S/c22-17(14-24-15-19-7-4-10-26-19)12-21(13-18-6-3-9-25-18)11-16-5-1-2-8-20(16)23/h1-2,4-5,7-8,10,17-18,22-23H,3,6,9,11-15H2. The highest BCUT2D eigenvalue weighted by Gasteiger charge is 2.22. The SMILES string of the molecule is Oc1ccccc1CN(CC(O)COCc1cccs1)CC1CCCO1. The molecule has 1 aliphatic rings. The molecule has 0 aliphatic carbocycles. The van der Waals surface area contributed by atoms with Gasteiger partial charge in [0.05, 0.1) is 25.4 Å². The lowest BCUT2D eigenvalue weighted by Crippen LogP contribution is -2.39. The van der Waals surface area contributed by atoms with E-state index in [0.717, 1.165) is 36.4 Å². The van der Waals surface area contributed by atoms with Gasteiger partial charge in [-0.25, -0.2) is 0 Å². The summed E-state index contributed by atoms with van der Waals surface area (Å²) in [5.74, 6) is 0.285. The smallest absolute Gasteiger partial charge is 0.120 e. The number of hydrogen-bond donors (Lipinski definition) is 2. The first kappa shape index (κ1) is 19.3. The Hall–Kier alpha value is -1.44. The number of hydrogen-bond acceptors (Lipinski definition) is 6. The number of rotatable bonds is 10. The van der Waals surface area contributed by atoms with Crippen LogP contribution in [0.25, 0.3) is 0 Å². The second kappa shape index (κ2) is 10.0. The van der Waals surface area contributed by atoms with Gasteiger partial charge in [-0.05, 0) is 30.4 Å². The number of phenols is 1. The fourth-order valence-electron chi connectivity index (χ4n) is 3.21. The molecule has 3 rings (SSSR count). The van der Waals surface area contributed by atoms with Gasteiger partial charge in [0.25, 0.3) is 0 Å². The first-order valence-electron chi connectivity index (χ1n) is 9.09. The lowest BCUT2D eigenvalue weighted by atomic mass is 10.1. The zero-order chi connectivity index (χ0) is 18.2. The van der Waals surface area contributed by atoms with Crippen molar-refractivity contribution in [3.8, 4) is 5.75 Å². The van der Waals surface area contributed by atoms with Crippen LogP contribution >= 0.6 is 11.3 Å². The molecule has 2 aromatic rings. The molecule has 0 saturated carbocycles. The molecule has 1 aromatic heterocycles. The molecule has 2 unspecified atom stereocenters. The maximum atomic E-state index is 10.4. The Balaban J connectivity index is 1.52. The lowest BCUT2D eigenvalue weighted by Gasteiger charge is -2.27. The summed E-state index contributed by atoms with van der Waals surface area (Å²) in [5.41, 5.74) is 0.859. The van der Waals surface area contributed by atoms with E-state index >= 15 is 0 Å². The third-order valence-corrected chi connectivity index (χ3v) is 5.32. The average molecular weight is 378 g/mol. The van der Waals surface area contributed by atoms with Crippen molar-refractivity contribution in [2.45, 2.75) is 38.2 Å². The molecule has 142 valence electrons. The van der Waals surface area contributed by atoms with Crippen molar-refractivity contribution < 1.29 is 19.7 Å². The summed E-state index contributed by atoms with van der Waals surface area (Å²) < 4.78 is 11.4. The van der Waals surface area contributed by atoms with Crippen LogP contribution in [0, 0.1) is 0 Å². The van der Waals surface area contributed by atoms with Crippen LogP contribution in [0.1, 0.15) is 23.3 Å². The third-order valence-electron chi connectivity index (χ3n) is 4.47. The number of aromatic hydroxyl groups is 1. The molecule has 0 amide bonds. The molecule has 1 aliphatic heterocycles. The van der Waals surface area contributed by atoms with Gasteiger partial charge < -0.3 is 19.7 Å². The van der Waals surface area contributed by atoms with Gasteiger partial charge in [-0.2, -0.15) is 0 Å². The van der Waals surface area contributed by atoms with E-state index in [1.54, 1.807) is 17.4 Å². The molecule has 0 radical (unpaired) electrons. The van der Waals surface area contributed by atoms with E-state index in [4.69, 9.17) is 9.47 Å². The van der Waals surface area contributed by atoms with Crippen molar-refractivity contribution in [2.75, 3.05) is 26.3 Å². The summed E-state index contributed by atoms with van der Waals surface area (Å²) in [7, 11) is 0. The maximum Gasteiger partial charge on any atom is 0.120 e. The molecule has 0 bridgehead atoms. The van der Waals surface area contributed by atoms with Gasteiger partial charge in [-0.15, -0.1) is 11.3 Å². The molecule has 26 heavy (non-hydrogen) atoms. The molecule has 1 aromatic carbocycles. The Labute approximate surface area is 158 Å². The first-order chi connectivity index (χ1) is 12.7. The number of nitrogens with zero attached hydrogens (tertiary/aromatic N) is 1. The van der Waals surface area contributed by atoms with Crippen LogP contribution in [0.2, 0.25) is 0 Å². The van der Waals surface area contributed by atoms with Gasteiger partial charge in [-0.3, -0.25) is 4.90 Å². The largest absolute Gasteiger partial charge is 0.508 e. The van der Waals surface area contributed by atoms with Crippen LogP contribution in [-0.4, -0.2) is 53.6 Å². The van der Waals surface area contributed by atoms with Crippen LogP contribution in [0.15, 0.2) is 41.8 Å². The van der Waals surface area contributed by atoms with Crippen molar-refractivity contribution in [3.05, 3.63) is 52.2 Å². The lowest BCUT2D eigenvalue weighted by molar-refractivity contribution is -0.00244. The topological polar surface area (TPSA) is 62.2 Å². The number of aliphatic hydroxyl groups is 1. The maximum absolute atomic E-state index is 10.4. The molecule has 2 heterocycles. The van der Waals surface area contributed by atoms with Crippen molar-refractivity contribution in [1.29, 1.82) is 0 Å². The highest BCUT2D eigenvalue weighted by Crippen LogP contribution is 2.20. The summed E-state index contributed by atoms with van der Waals surface area (Å²) in [4.78, 5) is 3.30. The number of thiophene rings is 1. The molecule has 0 spiro atoms. The Bertz CT molecular complexity index is 643. The van der Waals surface area contributed by atoms with E-state index < -0.39 is 6.10 Å². The minimum absolute atomic E-state index is 0.195. The van der Waals surface area contributed by atoms with E-state index in [2.05, 4.69) is 4.90 Å². The zero-order valence-electron chi connectivity index (χ0n) is 14.9. The van der Waals surface area contributed by atoms with E-state index in [1.165, 1.54) is 0 Å². The second-order valence-corrected chi connectivity index (χ2v) is 7.74. The highest BCUT2D eigenvalue weighted by molar-refractivity contribution is 7.09. The van der Waals surface area contributed by atoms with Gasteiger partial charge in [-0.1, -0.05) is 24.3 Å². The molecule has 6 heteroatoms. The van der Waals surface area contributed by atoms with Crippen molar-refractivity contribution >= 4 is 11.3 Å². The Kier molecular flexibility index (Phi) is 7.46. The normalized spacial score (nSPS) is 18.5. The van der Waals surface area contributed by atoms with E-state index in [-0.39, 0.29) is 11.9 Å². The third kappa shape index (κ3) is 6.07. The molecular formula is C20H27NO4S. The van der Waals surface area contributed by atoms with Crippen molar-refractivity contribution in [3.63, 3.8) is 0 Å². The fraction of sp³-hybridized carbons (Fsp3) is 0.500. The fourth-order valence-corrected chi connectivity index (χ4v) is 3.85. The van der Waals surface area contributed by atoms with Gasteiger partial charge in [0.15, 0.2) is 0 Å². The van der Waals surface area contributed by atoms with Crippen molar-refractivity contribution in [1.82, 2.24) is 4.90 Å². The van der Waals surface area contributed by atoms with Crippen LogP contribution < -0.4 is 0 Å². The van der Waals surface area contributed by atoms with Crippen molar-refractivity contribution in [2.24, 2.45) is 0 Å². The summed E-state index contributed by atoms with van der Waals surface area (Å²) in [6.07, 6.45) is 1.74. The highest BCUT2D eigenvalue weighted by atomic mass is 32.1. The molecule has 1 saturated heterocycles. The zero-order valence-corrected chi connectivity index (χ0v) is 15.7. The van der Waals surface area contributed by atoms with E-state index in [0.29, 0.717) is 26.3 Å². The summed E-state index contributed by atoms with van der Waals surface area (Å²) in [6.45, 7) is 3.44. The van der Waals surface area contributed by atoms with E-state index in [9.17, 15) is 10.2 Å². The molecular weight excluding hydrogens is 350 g/mol. The van der Waals surface area contributed by atoms with Gasteiger partial charge in [0, 0.05) is 36.7 Å². The Morgan fingerprint density at radius 3 is 2.88 bits per heavy atom. The van der Waals surface area contributed by atoms with Gasteiger partial charge >= 0.3 is 0 Å². The Morgan fingerprint density at radius 1 is 1.27 bits per heavy atom. The molecule has 2 atom stereocenters. The van der Waals surface area contributed by atoms with Crippen LogP contribution in [0.4, 0.5) is 0 Å². The number of ether oxygens (including phenoxy) is 2. The first-order valence-corrected chi connectivity index (χ1v) is 9.97. The number of para-hydroxylation sites is 1. The molecule has 5 nitrogen and oxygen atoms in total. The second-order valence-electron chi connectivity index (χ2n) is 6.71. The average Bonchev–Trinajstić information content (AvgIpc) is 3.31. The van der Waals surface area contributed by atoms with Gasteiger partial charge in [0.1, 0.15) is 5.75 Å². The summed E-state index contributed by atoms with van der Waals surface area (Å²) in [5, 5.41) is 22.5. The van der Waals surface area contributed by atoms with Crippen LogP contribution in [-0.2, 0) is 22.6 Å².